The minimum Gasteiger partial charge on any atom is -0.456 e. The van der Waals surface area contributed by atoms with Gasteiger partial charge < -0.3 is 15.2 Å². The summed E-state index contributed by atoms with van der Waals surface area (Å²) in [4.78, 5) is 22.1. The number of esters is 1. The average molecular weight is 251 g/mol. The van der Waals surface area contributed by atoms with Gasteiger partial charge in [-0.05, 0) is 19.9 Å². The molecule has 0 radical (unpaired) electrons. The van der Waals surface area contributed by atoms with E-state index in [2.05, 4.69) is 10.1 Å². The number of ether oxygens (including phenoxy) is 1. The number of anilines is 1. The molecule has 0 aliphatic rings. The van der Waals surface area contributed by atoms with E-state index >= 15 is 0 Å². The molecule has 0 fully saturated rings. The number of benzene rings is 1. The molecule has 0 aliphatic carbocycles. The van der Waals surface area contributed by atoms with Crippen LogP contribution < -0.4 is 5.32 Å². The van der Waals surface area contributed by atoms with E-state index in [9.17, 15) is 14.7 Å². The summed E-state index contributed by atoms with van der Waals surface area (Å²) >= 11 is 0. The molecule has 0 saturated heterocycles. The molecule has 0 aromatic heterocycles. The quantitative estimate of drug-likeness (QED) is 0.793. The van der Waals surface area contributed by atoms with E-state index in [0.29, 0.717) is 11.3 Å². The first-order valence-corrected chi connectivity index (χ1v) is 5.56. The topological polar surface area (TPSA) is 75.6 Å². The fourth-order valence-electron chi connectivity index (χ4n) is 1.48. The van der Waals surface area contributed by atoms with Crippen LogP contribution in [0.2, 0.25) is 0 Å². The van der Waals surface area contributed by atoms with Gasteiger partial charge in [-0.15, -0.1) is 0 Å². The Labute approximate surface area is 106 Å². The van der Waals surface area contributed by atoms with Crippen molar-refractivity contribution in [2.24, 2.45) is 0 Å². The number of aliphatic hydroxyl groups is 1. The van der Waals surface area contributed by atoms with E-state index in [4.69, 9.17) is 0 Å². The number of rotatable bonds is 4. The molecule has 0 saturated carbocycles. The zero-order valence-corrected chi connectivity index (χ0v) is 10.7. The third-order valence-electron chi connectivity index (χ3n) is 2.27. The lowest BCUT2D eigenvalue weighted by molar-refractivity contribution is -0.144. The molecule has 2 N–H and O–H groups in total. The molecule has 5 heteroatoms. The van der Waals surface area contributed by atoms with Gasteiger partial charge in [-0.2, -0.15) is 0 Å². The molecule has 5 nitrogen and oxygen atoms in total. The van der Waals surface area contributed by atoms with Crippen LogP contribution in [0.25, 0.3) is 0 Å². The first-order valence-electron chi connectivity index (χ1n) is 5.56. The van der Waals surface area contributed by atoms with Gasteiger partial charge in [0.2, 0.25) is 0 Å². The highest BCUT2D eigenvalue weighted by Gasteiger charge is 2.20. The summed E-state index contributed by atoms with van der Waals surface area (Å²) < 4.78 is 4.59. The zero-order chi connectivity index (χ0) is 13.8. The van der Waals surface area contributed by atoms with Gasteiger partial charge in [-0.1, -0.05) is 18.2 Å². The maximum atomic E-state index is 11.5. The van der Waals surface area contributed by atoms with E-state index < -0.39 is 17.5 Å². The lowest BCUT2D eigenvalue weighted by Gasteiger charge is -2.21. The fraction of sp³-hybridized carbons (Fsp3) is 0.385. The summed E-state index contributed by atoms with van der Waals surface area (Å²) in [6.07, 6.45) is 0. The number of hydrogen-bond acceptors (Lipinski definition) is 4. The zero-order valence-electron chi connectivity index (χ0n) is 10.7. The lowest BCUT2D eigenvalue weighted by atomic mass is 9.96. The molecule has 0 atom stereocenters. The van der Waals surface area contributed by atoms with Crippen LogP contribution in [0.5, 0.6) is 0 Å². The number of carbonyl (C=O) groups excluding carboxylic acids is 2. The van der Waals surface area contributed by atoms with Gasteiger partial charge in [0.25, 0.3) is 5.91 Å². The highest BCUT2D eigenvalue weighted by molar-refractivity contribution is 5.93. The first-order chi connectivity index (χ1) is 8.30. The SMILES string of the molecule is CC(=O)OCC(=O)Nc1ccccc1C(C)(C)O. The normalized spacial score (nSPS) is 10.9. The smallest absolute Gasteiger partial charge is 0.303 e. The maximum absolute atomic E-state index is 11.5. The van der Waals surface area contributed by atoms with Gasteiger partial charge in [0.15, 0.2) is 6.61 Å². The van der Waals surface area contributed by atoms with Crippen LogP contribution >= 0.6 is 0 Å². The van der Waals surface area contributed by atoms with Gasteiger partial charge in [-0.3, -0.25) is 9.59 Å². The summed E-state index contributed by atoms with van der Waals surface area (Å²) in [5, 5.41) is 12.6. The summed E-state index contributed by atoms with van der Waals surface area (Å²) in [6.45, 7) is 4.15. The molecule has 18 heavy (non-hydrogen) atoms. The summed E-state index contributed by atoms with van der Waals surface area (Å²) in [6, 6.07) is 6.92. The number of hydrogen-bond donors (Lipinski definition) is 2. The maximum Gasteiger partial charge on any atom is 0.303 e. The van der Waals surface area contributed by atoms with Gasteiger partial charge >= 0.3 is 5.97 Å². The third-order valence-corrected chi connectivity index (χ3v) is 2.27. The second-order valence-electron chi connectivity index (χ2n) is 4.43. The molecule has 0 bridgehead atoms. The van der Waals surface area contributed by atoms with E-state index in [1.165, 1.54) is 6.92 Å². The largest absolute Gasteiger partial charge is 0.456 e. The van der Waals surface area contributed by atoms with Crippen molar-refractivity contribution in [2.45, 2.75) is 26.4 Å². The molecule has 1 aromatic rings. The summed E-state index contributed by atoms with van der Waals surface area (Å²) in [5.41, 5.74) is 0.0361. The Morgan fingerprint density at radius 3 is 2.50 bits per heavy atom. The Balaban J connectivity index is 2.79. The molecule has 0 spiro atoms. The Kier molecular flexibility index (Phi) is 4.44. The molecule has 1 rings (SSSR count). The highest BCUT2D eigenvalue weighted by atomic mass is 16.5. The first kappa shape index (κ1) is 14.2. The molecule has 1 amide bonds. The van der Waals surface area contributed by atoms with Crippen molar-refractivity contribution in [3.8, 4) is 0 Å². The lowest BCUT2D eigenvalue weighted by Crippen LogP contribution is -2.23. The van der Waals surface area contributed by atoms with Crippen LogP contribution in [-0.4, -0.2) is 23.6 Å². The van der Waals surface area contributed by atoms with Crippen molar-refractivity contribution in [2.75, 3.05) is 11.9 Å². The van der Waals surface area contributed by atoms with Crippen molar-refractivity contribution < 1.29 is 19.4 Å². The van der Waals surface area contributed by atoms with Crippen LogP contribution in [0.15, 0.2) is 24.3 Å². The van der Waals surface area contributed by atoms with Crippen LogP contribution in [0.3, 0.4) is 0 Å². The Hall–Kier alpha value is -1.88. The van der Waals surface area contributed by atoms with Crippen LogP contribution in [-0.2, 0) is 19.9 Å². The summed E-state index contributed by atoms with van der Waals surface area (Å²) in [7, 11) is 0. The standard InChI is InChI=1S/C13H17NO4/c1-9(15)18-8-12(16)14-11-7-5-4-6-10(11)13(2,3)17/h4-7,17H,8H2,1-3H3,(H,14,16). The average Bonchev–Trinajstić information content (AvgIpc) is 2.25. The van der Waals surface area contributed by atoms with E-state index in [1.807, 2.05) is 0 Å². The molecular formula is C13H17NO4. The minimum atomic E-state index is -1.06. The second kappa shape index (κ2) is 5.64. The van der Waals surface area contributed by atoms with Crippen molar-refractivity contribution in [1.29, 1.82) is 0 Å². The van der Waals surface area contributed by atoms with Gasteiger partial charge in [0.1, 0.15) is 0 Å². The van der Waals surface area contributed by atoms with Crippen LogP contribution in [0, 0.1) is 0 Å². The van der Waals surface area contributed by atoms with Crippen molar-refractivity contribution in [1.82, 2.24) is 0 Å². The van der Waals surface area contributed by atoms with E-state index in [-0.39, 0.29) is 6.61 Å². The summed E-state index contributed by atoms with van der Waals surface area (Å²) in [5.74, 6) is -0.956. The van der Waals surface area contributed by atoms with Gasteiger partial charge in [0.05, 0.1) is 5.60 Å². The van der Waals surface area contributed by atoms with Crippen molar-refractivity contribution >= 4 is 17.6 Å². The highest BCUT2D eigenvalue weighted by Crippen LogP contribution is 2.27. The number of carbonyl (C=O) groups is 2. The van der Waals surface area contributed by atoms with Crippen LogP contribution in [0.1, 0.15) is 26.3 Å². The molecule has 1 aromatic carbocycles. The Morgan fingerprint density at radius 1 is 1.33 bits per heavy atom. The predicted octanol–water partition coefficient (Wildman–Crippen LogP) is 1.42. The van der Waals surface area contributed by atoms with Gasteiger partial charge in [-0.25, -0.2) is 0 Å². The Morgan fingerprint density at radius 2 is 1.94 bits per heavy atom. The number of para-hydroxylation sites is 1. The molecule has 98 valence electrons. The molecule has 0 aliphatic heterocycles. The number of amides is 1. The molecule has 0 heterocycles. The second-order valence-corrected chi connectivity index (χ2v) is 4.43. The minimum absolute atomic E-state index is 0.338. The number of nitrogens with one attached hydrogen (secondary N) is 1. The Bertz CT molecular complexity index is 449. The fourth-order valence-corrected chi connectivity index (χ4v) is 1.48. The van der Waals surface area contributed by atoms with Gasteiger partial charge in [0, 0.05) is 18.2 Å². The monoisotopic (exact) mass is 251 g/mol. The predicted molar refractivity (Wildman–Crippen MR) is 66.9 cm³/mol. The van der Waals surface area contributed by atoms with Crippen molar-refractivity contribution in [3.05, 3.63) is 29.8 Å². The third kappa shape index (κ3) is 4.18. The van der Waals surface area contributed by atoms with E-state index in [1.54, 1.807) is 38.1 Å². The van der Waals surface area contributed by atoms with Crippen molar-refractivity contribution in [3.63, 3.8) is 0 Å². The van der Waals surface area contributed by atoms with E-state index in [0.717, 1.165) is 0 Å². The molecule has 0 unspecified atom stereocenters. The molecular weight excluding hydrogens is 234 g/mol. The van der Waals surface area contributed by atoms with Crippen LogP contribution in [0.4, 0.5) is 5.69 Å².